The van der Waals surface area contributed by atoms with Gasteiger partial charge in [-0.2, -0.15) is 0 Å². The number of methoxy groups -OCH3 is 1. The lowest BCUT2D eigenvalue weighted by Gasteiger charge is -2.06. The summed E-state index contributed by atoms with van der Waals surface area (Å²) in [5, 5.41) is 4.88. The van der Waals surface area contributed by atoms with Crippen LogP contribution in [-0.2, 0) is 13.2 Å². The van der Waals surface area contributed by atoms with Crippen molar-refractivity contribution in [1.29, 1.82) is 0 Å². The third-order valence-corrected chi connectivity index (χ3v) is 4.37. The lowest BCUT2D eigenvalue weighted by atomic mass is 10.1. The van der Waals surface area contributed by atoms with Crippen molar-refractivity contribution in [2.75, 3.05) is 7.11 Å². The summed E-state index contributed by atoms with van der Waals surface area (Å²) in [6.07, 6.45) is 4.68. The van der Waals surface area contributed by atoms with Crippen LogP contribution in [-0.4, -0.2) is 23.0 Å². The SMILES string of the molecule is COc1ccc2ccc(OCc3nc(C(=O)NCc4ccncc4)co3)cc2c1. The average molecular weight is 389 g/mol. The van der Waals surface area contributed by atoms with Gasteiger partial charge in [0.2, 0.25) is 5.89 Å². The van der Waals surface area contributed by atoms with E-state index in [9.17, 15) is 4.79 Å². The highest BCUT2D eigenvalue weighted by molar-refractivity contribution is 5.91. The topological polar surface area (TPSA) is 86.5 Å². The van der Waals surface area contributed by atoms with E-state index < -0.39 is 0 Å². The largest absolute Gasteiger partial charge is 0.497 e. The van der Waals surface area contributed by atoms with Gasteiger partial charge in [-0.25, -0.2) is 4.98 Å². The Morgan fingerprint density at radius 2 is 1.79 bits per heavy atom. The summed E-state index contributed by atoms with van der Waals surface area (Å²) in [7, 11) is 1.63. The molecule has 2 aromatic heterocycles. The number of fused-ring (bicyclic) bond motifs is 1. The van der Waals surface area contributed by atoms with Crippen molar-refractivity contribution in [1.82, 2.24) is 15.3 Å². The molecule has 0 aliphatic rings. The fraction of sp³-hybridized carbons (Fsp3) is 0.136. The maximum Gasteiger partial charge on any atom is 0.273 e. The monoisotopic (exact) mass is 389 g/mol. The molecular formula is C22H19N3O4. The van der Waals surface area contributed by atoms with Gasteiger partial charge in [0.05, 0.1) is 7.11 Å². The minimum absolute atomic E-state index is 0.118. The van der Waals surface area contributed by atoms with Crippen molar-refractivity contribution < 1.29 is 18.7 Å². The zero-order chi connectivity index (χ0) is 20.1. The molecule has 7 heteroatoms. The minimum Gasteiger partial charge on any atom is -0.497 e. The summed E-state index contributed by atoms with van der Waals surface area (Å²) in [6, 6.07) is 15.3. The Morgan fingerprint density at radius 1 is 1.03 bits per heavy atom. The number of nitrogens with zero attached hydrogens (tertiary/aromatic N) is 2. The zero-order valence-electron chi connectivity index (χ0n) is 15.8. The van der Waals surface area contributed by atoms with Crippen LogP contribution in [0.4, 0.5) is 0 Å². The first kappa shape index (κ1) is 18.5. The normalized spacial score (nSPS) is 10.7. The molecule has 0 bridgehead atoms. The molecule has 0 saturated heterocycles. The number of pyridine rings is 1. The van der Waals surface area contributed by atoms with Gasteiger partial charge in [0, 0.05) is 18.9 Å². The van der Waals surface area contributed by atoms with Crippen molar-refractivity contribution in [3.05, 3.63) is 84.3 Å². The molecule has 0 unspecified atom stereocenters. The number of benzene rings is 2. The Labute approximate surface area is 167 Å². The molecule has 0 radical (unpaired) electrons. The number of hydrogen-bond donors (Lipinski definition) is 1. The molecule has 1 N–H and O–H groups in total. The molecule has 1 amide bonds. The van der Waals surface area contributed by atoms with Crippen LogP contribution in [0, 0.1) is 0 Å². The number of carbonyl (C=O) groups excluding carboxylic acids is 1. The fourth-order valence-electron chi connectivity index (χ4n) is 2.82. The van der Waals surface area contributed by atoms with E-state index in [0.717, 1.165) is 22.1 Å². The van der Waals surface area contributed by atoms with Crippen molar-refractivity contribution in [3.63, 3.8) is 0 Å². The molecule has 0 atom stereocenters. The zero-order valence-corrected chi connectivity index (χ0v) is 15.8. The van der Waals surface area contributed by atoms with E-state index in [-0.39, 0.29) is 18.2 Å². The van der Waals surface area contributed by atoms with Gasteiger partial charge in [-0.3, -0.25) is 9.78 Å². The van der Waals surface area contributed by atoms with Crippen LogP contribution in [0.3, 0.4) is 0 Å². The van der Waals surface area contributed by atoms with E-state index in [1.54, 1.807) is 19.5 Å². The molecule has 0 saturated carbocycles. The van der Waals surface area contributed by atoms with Crippen LogP contribution in [0.2, 0.25) is 0 Å². The van der Waals surface area contributed by atoms with Gasteiger partial charge in [-0.1, -0.05) is 12.1 Å². The van der Waals surface area contributed by atoms with Crippen molar-refractivity contribution >= 4 is 16.7 Å². The van der Waals surface area contributed by atoms with Gasteiger partial charge < -0.3 is 19.2 Å². The Kier molecular flexibility index (Phi) is 5.38. The van der Waals surface area contributed by atoms with Crippen LogP contribution < -0.4 is 14.8 Å². The minimum atomic E-state index is -0.311. The standard InChI is InChI=1S/C22H19N3O4/c1-27-18-4-2-16-3-5-19(11-17(16)10-18)28-14-21-25-20(13-29-21)22(26)24-12-15-6-8-23-9-7-15/h2-11,13H,12,14H2,1H3,(H,24,26). The van der Waals surface area contributed by atoms with E-state index in [1.165, 1.54) is 6.26 Å². The average Bonchev–Trinajstić information content (AvgIpc) is 3.25. The molecule has 2 aromatic carbocycles. The molecule has 7 nitrogen and oxygen atoms in total. The second-order valence-electron chi connectivity index (χ2n) is 6.33. The summed E-state index contributed by atoms with van der Waals surface area (Å²) in [6.45, 7) is 0.508. The first-order valence-electron chi connectivity index (χ1n) is 9.03. The van der Waals surface area contributed by atoms with E-state index in [4.69, 9.17) is 13.9 Å². The van der Waals surface area contributed by atoms with Crippen molar-refractivity contribution in [2.45, 2.75) is 13.2 Å². The van der Waals surface area contributed by atoms with Crippen LogP contribution in [0.25, 0.3) is 10.8 Å². The Bertz CT molecular complexity index is 1130. The first-order chi connectivity index (χ1) is 14.2. The summed E-state index contributed by atoms with van der Waals surface area (Å²) in [5.74, 6) is 1.47. The lowest BCUT2D eigenvalue weighted by Crippen LogP contribution is -2.23. The third kappa shape index (κ3) is 4.52. The van der Waals surface area contributed by atoms with E-state index in [2.05, 4.69) is 15.3 Å². The third-order valence-electron chi connectivity index (χ3n) is 4.37. The lowest BCUT2D eigenvalue weighted by molar-refractivity contribution is 0.0946. The van der Waals surface area contributed by atoms with E-state index >= 15 is 0 Å². The van der Waals surface area contributed by atoms with Crippen LogP contribution in [0.1, 0.15) is 21.9 Å². The molecular weight excluding hydrogens is 370 g/mol. The second-order valence-corrected chi connectivity index (χ2v) is 6.33. The summed E-state index contributed by atoms with van der Waals surface area (Å²) < 4.78 is 16.4. The molecule has 4 rings (SSSR count). The molecule has 0 fully saturated rings. The number of aromatic nitrogens is 2. The smallest absolute Gasteiger partial charge is 0.273 e. The number of carbonyl (C=O) groups is 1. The van der Waals surface area contributed by atoms with Gasteiger partial charge in [-0.15, -0.1) is 0 Å². The molecule has 2 heterocycles. The van der Waals surface area contributed by atoms with Gasteiger partial charge >= 0.3 is 0 Å². The molecule has 0 aliphatic carbocycles. The number of amides is 1. The number of rotatable bonds is 7. The van der Waals surface area contributed by atoms with Gasteiger partial charge in [0.15, 0.2) is 12.3 Å². The Balaban J connectivity index is 1.36. The Morgan fingerprint density at radius 3 is 2.59 bits per heavy atom. The van der Waals surface area contributed by atoms with Crippen LogP contribution in [0.15, 0.2) is 71.6 Å². The highest BCUT2D eigenvalue weighted by Crippen LogP contribution is 2.25. The van der Waals surface area contributed by atoms with E-state index in [0.29, 0.717) is 18.2 Å². The maximum absolute atomic E-state index is 12.2. The molecule has 0 spiro atoms. The number of hydrogen-bond acceptors (Lipinski definition) is 6. The second kappa shape index (κ2) is 8.43. The van der Waals surface area contributed by atoms with Crippen LogP contribution in [0.5, 0.6) is 11.5 Å². The van der Waals surface area contributed by atoms with Gasteiger partial charge in [0.25, 0.3) is 5.91 Å². The highest BCUT2D eigenvalue weighted by Gasteiger charge is 2.12. The quantitative estimate of drug-likeness (QED) is 0.518. The fourth-order valence-corrected chi connectivity index (χ4v) is 2.82. The number of nitrogens with one attached hydrogen (secondary N) is 1. The molecule has 146 valence electrons. The first-order valence-corrected chi connectivity index (χ1v) is 9.03. The van der Waals surface area contributed by atoms with Gasteiger partial charge in [0.1, 0.15) is 17.8 Å². The number of oxazole rings is 1. The summed E-state index contributed by atoms with van der Waals surface area (Å²) in [5.41, 5.74) is 1.16. The predicted octanol–water partition coefficient (Wildman–Crippen LogP) is 3.74. The molecule has 29 heavy (non-hydrogen) atoms. The summed E-state index contributed by atoms with van der Waals surface area (Å²) in [4.78, 5) is 20.3. The van der Waals surface area contributed by atoms with Gasteiger partial charge in [-0.05, 0) is 52.7 Å². The Hall–Kier alpha value is -3.87. The molecule has 4 aromatic rings. The van der Waals surface area contributed by atoms with Crippen molar-refractivity contribution in [3.8, 4) is 11.5 Å². The van der Waals surface area contributed by atoms with E-state index in [1.807, 2.05) is 48.5 Å². The predicted molar refractivity (Wildman–Crippen MR) is 107 cm³/mol. The maximum atomic E-state index is 12.2. The molecule has 0 aliphatic heterocycles. The van der Waals surface area contributed by atoms with Crippen molar-refractivity contribution in [2.24, 2.45) is 0 Å². The summed E-state index contributed by atoms with van der Waals surface area (Å²) >= 11 is 0. The van der Waals surface area contributed by atoms with Crippen LogP contribution >= 0.6 is 0 Å². The number of ether oxygens (including phenoxy) is 2. The highest BCUT2D eigenvalue weighted by atomic mass is 16.5.